The molecule has 3 amide bonds. The Hall–Kier alpha value is -4.44. The maximum atomic E-state index is 13.6. The Labute approximate surface area is 208 Å². The van der Waals surface area contributed by atoms with Crippen molar-refractivity contribution < 1.29 is 28.8 Å². The Bertz CT molecular complexity index is 1520. The minimum absolute atomic E-state index is 0.0176. The highest BCUT2D eigenvalue weighted by atomic mass is 35.5. The SMILES string of the molecule is Cc1cc(Cl)ccc1N1C(=O)[C@@H](N2C(=O)c3ccc([N+](=O)[O-])cc3C2=O)[C@H]1c1ccc2c(c1)OCO2. The van der Waals surface area contributed by atoms with Gasteiger partial charge in [-0.25, -0.2) is 0 Å². The van der Waals surface area contributed by atoms with Crippen LogP contribution in [0, 0.1) is 17.0 Å². The molecular formula is C25H16ClN3O7. The van der Waals surface area contributed by atoms with Crippen LogP contribution in [-0.4, -0.2) is 40.4 Å². The fraction of sp³-hybridized carbons (Fsp3) is 0.160. The fourth-order valence-corrected chi connectivity index (χ4v) is 5.15. The molecule has 0 N–H and O–H groups in total. The van der Waals surface area contributed by atoms with Crippen LogP contribution in [0.25, 0.3) is 0 Å². The first-order valence-electron chi connectivity index (χ1n) is 10.9. The number of nitrogens with zero attached hydrogens (tertiary/aromatic N) is 3. The van der Waals surface area contributed by atoms with Gasteiger partial charge in [0.15, 0.2) is 11.5 Å². The summed E-state index contributed by atoms with van der Waals surface area (Å²) in [5.41, 5.74) is 1.54. The van der Waals surface area contributed by atoms with E-state index in [2.05, 4.69) is 0 Å². The largest absolute Gasteiger partial charge is 0.454 e. The van der Waals surface area contributed by atoms with Crippen LogP contribution in [0.15, 0.2) is 54.6 Å². The predicted molar refractivity (Wildman–Crippen MR) is 126 cm³/mol. The van der Waals surface area contributed by atoms with E-state index in [1.54, 1.807) is 43.3 Å². The Morgan fingerprint density at radius 2 is 1.64 bits per heavy atom. The summed E-state index contributed by atoms with van der Waals surface area (Å²) in [6.07, 6.45) is 0. The zero-order chi connectivity index (χ0) is 25.3. The summed E-state index contributed by atoms with van der Waals surface area (Å²) in [6, 6.07) is 11.8. The molecule has 0 bridgehead atoms. The molecule has 11 heteroatoms. The summed E-state index contributed by atoms with van der Waals surface area (Å²) in [4.78, 5) is 53.2. The zero-order valence-electron chi connectivity index (χ0n) is 18.6. The Morgan fingerprint density at radius 3 is 2.39 bits per heavy atom. The number of halogens is 1. The first-order chi connectivity index (χ1) is 17.3. The van der Waals surface area contributed by atoms with Gasteiger partial charge in [-0.2, -0.15) is 0 Å². The molecule has 0 unspecified atom stereocenters. The smallest absolute Gasteiger partial charge is 0.270 e. The van der Waals surface area contributed by atoms with Crippen LogP contribution in [0.2, 0.25) is 5.02 Å². The molecule has 36 heavy (non-hydrogen) atoms. The van der Waals surface area contributed by atoms with Gasteiger partial charge in [-0.1, -0.05) is 17.7 Å². The van der Waals surface area contributed by atoms with E-state index in [-0.39, 0.29) is 23.6 Å². The molecule has 1 saturated heterocycles. The number of nitro benzene ring substituents is 1. The van der Waals surface area contributed by atoms with Gasteiger partial charge in [0.05, 0.1) is 22.1 Å². The van der Waals surface area contributed by atoms with Gasteiger partial charge in [0.1, 0.15) is 6.04 Å². The number of nitro groups is 1. The molecule has 3 aliphatic heterocycles. The molecule has 3 aromatic carbocycles. The summed E-state index contributed by atoms with van der Waals surface area (Å²) in [6.45, 7) is 1.86. The summed E-state index contributed by atoms with van der Waals surface area (Å²) >= 11 is 6.11. The maximum Gasteiger partial charge on any atom is 0.270 e. The maximum absolute atomic E-state index is 13.6. The number of aryl methyl sites for hydroxylation is 1. The van der Waals surface area contributed by atoms with E-state index in [1.165, 1.54) is 11.0 Å². The molecule has 180 valence electrons. The molecule has 0 spiro atoms. The van der Waals surface area contributed by atoms with Crippen LogP contribution >= 0.6 is 11.6 Å². The molecule has 2 atom stereocenters. The number of ether oxygens (including phenoxy) is 2. The molecule has 0 saturated carbocycles. The number of β-lactam (4-membered cyclic amide) rings is 1. The first-order valence-corrected chi connectivity index (χ1v) is 11.3. The van der Waals surface area contributed by atoms with Crippen molar-refractivity contribution in [2.75, 3.05) is 11.7 Å². The van der Waals surface area contributed by atoms with Crippen LogP contribution < -0.4 is 14.4 Å². The molecule has 0 aromatic heterocycles. The molecule has 0 radical (unpaired) electrons. The minimum atomic E-state index is -1.16. The molecule has 10 nitrogen and oxygen atoms in total. The number of hydrogen-bond donors (Lipinski definition) is 0. The third kappa shape index (κ3) is 3.07. The van der Waals surface area contributed by atoms with Gasteiger partial charge in [0.2, 0.25) is 6.79 Å². The monoisotopic (exact) mass is 505 g/mol. The number of carbonyl (C=O) groups excluding carboxylic acids is 3. The number of anilines is 1. The van der Waals surface area contributed by atoms with Crippen LogP contribution in [-0.2, 0) is 4.79 Å². The van der Waals surface area contributed by atoms with Crippen LogP contribution in [0.5, 0.6) is 11.5 Å². The number of hydrogen-bond acceptors (Lipinski definition) is 7. The van der Waals surface area contributed by atoms with Gasteiger partial charge in [-0.05, 0) is 54.4 Å². The van der Waals surface area contributed by atoms with Gasteiger partial charge in [-0.3, -0.25) is 29.4 Å². The number of carbonyl (C=O) groups is 3. The Kier molecular flexibility index (Phi) is 4.77. The lowest BCUT2D eigenvalue weighted by molar-refractivity contribution is -0.384. The second-order valence-corrected chi connectivity index (χ2v) is 9.05. The highest BCUT2D eigenvalue weighted by molar-refractivity contribution is 6.31. The van der Waals surface area contributed by atoms with E-state index in [0.717, 1.165) is 22.6 Å². The quantitative estimate of drug-likeness (QED) is 0.227. The fourth-order valence-electron chi connectivity index (χ4n) is 4.93. The number of imide groups is 1. The molecule has 6 rings (SSSR count). The second-order valence-electron chi connectivity index (χ2n) is 8.61. The number of benzene rings is 3. The minimum Gasteiger partial charge on any atom is -0.454 e. The van der Waals surface area contributed by atoms with Crippen molar-refractivity contribution in [1.82, 2.24) is 4.90 Å². The third-order valence-corrected chi connectivity index (χ3v) is 6.85. The van der Waals surface area contributed by atoms with Crippen molar-refractivity contribution in [3.63, 3.8) is 0 Å². The normalized spacial score (nSPS) is 20.0. The third-order valence-electron chi connectivity index (χ3n) is 6.61. The van der Waals surface area contributed by atoms with E-state index < -0.39 is 34.7 Å². The van der Waals surface area contributed by atoms with E-state index in [4.69, 9.17) is 21.1 Å². The standard InChI is InChI=1S/C25H16ClN3O7/c1-12-8-14(26)3-6-18(12)27-21(13-2-7-19-20(9-13)36-11-35-19)22(25(27)32)28-23(30)16-5-4-15(29(33)34)10-17(16)24(28)31/h2-10,21-22H,11H2,1H3/t21-,22+/m1/s1. The van der Waals surface area contributed by atoms with E-state index >= 15 is 0 Å². The van der Waals surface area contributed by atoms with E-state index in [1.807, 2.05) is 0 Å². The summed E-state index contributed by atoms with van der Waals surface area (Å²) in [5, 5.41) is 11.7. The molecule has 3 aliphatic rings. The second kappa shape index (κ2) is 7.79. The first kappa shape index (κ1) is 22.1. The lowest BCUT2D eigenvalue weighted by atomic mass is 9.85. The molecule has 1 fully saturated rings. The van der Waals surface area contributed by atoms with Crippen LogP contribution in [0.1, 0.15) is 37.9 Å². The average Bonchev–Trinajstić information content (AvgIpc) is 3.41. The Balaban J connectivity index is 1.45. The van der Waals surface area contributed by atoms with Gasteiger partial charge in [0, 0.05) is 22.8 Å². The highest BCUT2D eigenvalue weighted by Crippen LogP contribution is 2.47. The number of non-ortho nitro benzene ring substituents is 1. The summed E-state index contributed by atoms with van der Waals surface area (Å²) in [7, 11) is 0. The van der Waals surface area contributed by atoms with E-state index in [9.17, 15) is 24.5 Å². The van der Waals surface area contributed by atoms with Gasteiger partial charge < -0.3 is 14.4 Å². The van der Waals surface area contributed by atoms with Crippen molar-refractivity contribution in [1.29, 1.82) is 0 Å². The van der Waals surface area contributed by atoms with Gasteiger partial charge >= 0.3 is 0 Å². The van der Waals surface area contributed by atoms with Crippen molar-refractivity contribution in [2.24, 2.45) is 0 Å². The molecular weight excluding hydrogens is 490 g/mol. The number of amides is 3. The Morgan fingerprint density at radius 1 is 0.889 bits per heavy atom. The summed E-state index contributed by atoms with van der Waals surface area (Å²) in [5.74, 6) is -0.872. The van der Waals surface area contributed by atoms with Crippen molar-refractivity contribution in [2.45, 2.75) is 19.0 Å². The van der Waals surface area contributed by atoms with Crippen LogP contribution in [0.4, 0.5) is 11.4 Å². The molecule has 3 heterocycles. The van der Waals surface area contributed by atoms with Crippen molar-refractivity contribution in [3.05, 3.63) is 92.0 Å². The average molecular weight is 506 g/mol. The lowest BCUT2D eigenvalue weighted by Gasteiger charge is -2.50. The summed E-state index contributed by atoms with van der Waals surface area (Å²) < 4.78 is 10.9. The van der Waals surface area contributed by atoms with Crippen molar-refractivity contribution >= 4 is 40.7 Å². The molecule has 0 aliphatic carbocycles. The zero-order valence-corrected chi connectivity index (χ0v) is 19.4. The predicted octanol–water partition coefficient (Wildman–Crippen LogP) is 4.04. The van der Waals surface area contributed by atoms with Gasteiger partial charge in [0.25, 0.3) is 23.4 Å². The lowest BCUT2D eigenvalue weighted by Crippen LogP contribution is -2.67. The van der Waals surface area contributed by atoms with Gasteiger partial charge in [-0.15, -0.1) is 0 Å². The highest BCUT2D eigenvalue weighted by Gasteiger charge is 2.58. The number of fused-ring (bicyclic) bond motifs is 2. The van der Waals surface area contributed by atoms with Crippen LogP contribution in [0.3, 0.4) is 0 Å². The van der Waals surface area contributed by atoms with Crippen molar-refractivity contribution in [3.8, 4) is 11.5 Å². The van der Waals surface area contributed by atoms with E-state index in [0.29, 0.717) is 27.8 Å². The number of rotatable bonds is 4. The molecule has 3 aromatic rings. The topological polar surface area (TPSA) is 119 Å².